The summed E-state index contributed by atoms with van der Waals surface area (Å²) in [5, 5.41) is 2.51. The van der Waals surface area contributed by atoms with Gasteiger partial charge in [0.1, 0.15) is 5.82 Å². The Labute approximate surface area is 171 Å². The van der Waals surface area contributed by atoms with E-state index in [1.54, 1.807) is 6.07 Å². The van der Waals surface area contributed by atoms with Gasteiger partial charge in [0.25, 0.3) is 9.84 Å². The number of benzene rings is 2. The molecule has 3 rings (SSSR count). The molecule has 0 bridgehead atoms. The smallest absolute Gasteiger partial charge is 0.369 e. The number of hydrogen-bond donors (Lipinski definition) is 1. The number of carbonyl (C=O) groups excluding carboxylic acids is 1. The maximum Gasteiger partial charge on any atom is 0.501 e. The molecule has 11 heteroatoms. The van der Waals surface area contributed by atoms with Crippen molar-refractivity contribution < 1.29 is 30.8 Å². The summed E-state index contributed by atoms with van der Waals surface area (Å²) in [4.78, 5) is 15.1. The van der Waals surface area contributed by atoms with Gasteiger partial charge in [0, 0.05) is 31.9 Å². The van der Waals surface area contributed by atoms with Crippen LogP contribution in [0.2, 0.25) is 0 Å². The largest absolute Gasteiger partial charge is 0.501 e. The van der Waals surface area contributed by atoms with Gasteiger partial charge in [0.2, 0.25) is 5.91 Å². The molecule has 1 saturated heterocycles. The summed E-state index contributed by atoms with van der Waals surface area (Å²) in [6, 6.07) is 10.4. The number of amides is 1. The fourth-order valence-corrected chi connectivity index (χ4v) is 3.85. The number of halogens is 4. The average molecular weight is 445 g/mol. The first-order valence-electron chi connectivity index (χ1n) is 9.01. The second-order valence-electron chi connectivity index (χ2n) is 6.73. The first-order valence-corrected chi connectivity index (χ1v) is 10.5. The number of carbonyl (C=O) groups is 1. The molecule has 0 spiro atoms. The van der Waals surface area contributed by atoms with E-state index in [2.05, 4.69) is 5.32 Å². The third-order valence-electron chi connectivity index (χ3n) is 4.70. The molecule has 0 aromatic heterocycles. The maximum absolute atomic E-state index is 13.6. The fraction of sp³-hybridized carbons (Fsp3) is 0.316. The van der Waals surface area contributed by atoms with E-state index in [1.165, 1.54) is 30.3 Å². The number of rotatable bonds is 5. The molecule has 1 fully saturated rings. The molecule has 2 aromatic carbocycles. The first kappa shape index (κ1) is 22.0. The van der Waals surface area contributed by atoms with Crippen LogP contribution in [0, 0.1) is 5.82 Å². The molecule has 0 atom stereocenters. The summed E-state index contributed by atoms with van der Waals surface area (Å²) in [5.74, 6) is -0.873. The molecule has 162 valence electrons. The van der Waals surface area contributed by atoms with Crippen LogP contribution in [-0.4, -0.2) is 57.5 Å². The fourth-order valence-electron chi connectivity index (χ4n) is 3.09. The van der Waals surface area contributed by atoms with Crippen LogP contribution in [0.15, 0.2) is 53.4 Å². The Hall–Kier alpha value is -2.66. The Kier molecular flexibility index (Phi) is 6.32. The van der Waals surface area contributed by atoms with Gasteiger partial charge in [-0.25, -0.2) is 12.8 Å². The molecule has 1 heterocycles. The predicted octanol–water partition coefficient (Wildman–Crippen LogP) is 2.88. The van der Waals surface area contributed by atoms with Gasteiger partial charge >= 0.3 is 5.51 Å². The zero-order valence-electron chi connectivity index (χ0n) is 15.7. The van der Waals surface area contributed by atoms with Gasteiger partial charge < -0.3 is 10.2 Å². The lowest BCUT2D eigenvalue weighted by Crippen LogP contribution is -2.48. The number of nitrogens with one attached hydrogen (secondary N) is 1. The van der Waals surface area contributed by atoms with Crippen molar-refractivity contribution in [1.29, 1.82) is 0 Å². The zero-order valence-corrected chi connectivity index (χ0v) is 16.5. The van der Waals surface area contributed by atoms with Crippen molar-refractivity contribution in [1.82, 2.24) is 4.90 Å². The van der Waals surface area contributed by atoms with E-state index in [0.29, 0.717) is 31.9 Å². The quantitative estimate of drug-likeness (QED) is 0.717. The molecule has 0 unspecified atom stereocenters. The normalized spacial score (nSPS) is 15.8. The minimum absolute atomic E-state index is 0.0743. The minimum atomic E-state index is -5.37. The van der Waals surface area contributed by atoms with Crippen LogP contribution in [0.1, 0.15) is 0 Å². The van der Waals surface area contributed by atoms with Gasteiger partial charge in [0.15, 0.2) is 0 Å². The first-order chi connectivity index (χ1) is 14.1. The number of para-hydroxylation sites is 1. The zero-order chi connectivity index (χ0) is 21.9. The molecular weight excluding hydrogens is 426 g/mol. The van der Waals surface area contributed by atoms with Gasteiger partial charge in [-0.1, -0.05) is 12.1 Å². The molecule has 0 saturated carbocycles. The number of nitrogens with zero attached hydrogens (tertiary/aromatic N) is 2. The Balaban J connectivity index is 1.54. The van der Waals surface area contributed by atoms with Crippen molar-refractivity contribution in [2.24, 2.45) is 0 Å². The lowest BCUT2D eigenvalue weighted by atomic mass is 10.2. The highest BCUT2D eigenvalue weighted by molar-refractivity contribution is 7.92. The number of piperazine rings is 1. The summed E-state index contributed by atoms with van der Waals surface area (Å²) < 4.78 is 74.3. The summed E-state index contributed by atoms with van der Waals surface area (Å²) >= 11 is 0. The highest BCUT2D eigenvalue weighted by Gasteiger charge is 2.46. The van der Waals surface area contributed by atoms with Gasteiger partial charge in [-0.05, 0) is 36.4 Å². The standard InChI is InChI=1S/C19H19F4N3O3S/c20-16-3-1-2-4-17(16)24-18(27)13-25-9-11-26(12-10-25)14-5-7-15(8-6-14)30(28,29)19(21,22)23/h1-8H,9-13H2,(H,24,27). The van der Waals surface area contributed by atoms with Crippen molar-refractivity contribution in [3.8, 4) is 0 Å². The van der Waals surface area contributed by atoms with Crippen LogP contribution in [0.25, 0.3) is 0 Å². The highest BCUT2D eigenvalue weighted by atomic mass is 32.2. The summed E-state index contributed by atoms with van der Waals surface area (Å²) in [6.45, 7) is 2.09. The van der Waals surface area contributed by atoms with Crippen molar-refractivity contribution in [2.75, 3.05) is 42.9 Å². The molecule has 0 radical (unpaired) electrons. The Morgan fingerprint density at radius 3 is 2.13 bits per heavy atom. The van der Waals surface area contributed by atoms with Crippen LogP contribution < -0.4 is 10.2 Å². The number of alkyl halides is 3. The Morgan fingerprint density at radius 1 is 0.967 bits per heavy atom. The molecular formula is C19H19F4N3O3S. The van der Waals surface area contributed by atoms with Gasteiger partial charge in [-0.2, -0.15) is 13.2 Å². The molecule has 1 aliphatic heterocycles. The van der Waals surface area contributed by atoms with E-state index < -0.39 is 26.1 Å². The summed E-state index contributed by atoms with van der Waals surface area (Å²) in [7, 11) is -5.37. The van der Waals surface area contributed by atoms with Crippen molar-refractivity contribution in [3.05, 3.63) is 54.3 Å². The second-order valence-corrected chi connectivity index (χ2v) is 8.68. The maximum atomic E-state index is 13.6. The van der Waals surface area contributed by atoms with E-state index in [1.807, 2.05) is 9.80 Å². The number of sulfone groups is 1. The van der Waals surface area contributed by atoms with Crippen molar-refractivity contribution in [2.45, 2.75) is 10.4 Å². The SMILES string of the molecule is O=C(CN1CCN(c2ccc(S(=O)(=O)C(F)(F)F)cc2)CC1)Nc1ccccc1F. The molecule has 6 nitrogen and oxygen atoms in total. The lowest BCUT2D eigenvalue weighted by molar-refractivity contribution is -0.117. The van der Waals surface area contributed by atoms with E-state index in [0.717, 1.165) is 12.1 Å². The van der Waals surface area contributed by atoms with Crippen molar-refractivity contribution >= 4 is 27.1 Å². The van der Waals surface area contributed by atoms with Crippen LogP contribution in [-0.2, 0) is 14.6 Å². The highest BCUT2D eigenvalue weighted by Crippen LogP contribution is 2.31. The molecule has 0 aliphatic carbocycles. The molecule has 1 amide bonds. The summed E-state index contributed by atoms with van der Waals surface area (Å²) in [6.07, 6.45) is 0. The number of hydrogen-bond acceptors (Lipinski definition) is 5. The average Bonchev–Trinajstić information content (AvgIpc) is 2.69. The van der Waals surface area contributed by atoms with Crippen LogP contribution in [0.4, 0.5) is 28.9 Å². The summed E-state index contributed by atoms with van der Waals surface area (Å²) in [5.41, 5.74) is -4.65. The lowest BCUT2D eigenvalue weighted by Gasteiger charge is -2.35. The Morgan fingerprint density at radius 2 is 1.57 bits per heavy atom. The predicted molar refractivity (Wildman–Crippen MR) is 103 cm³/mol. The van der Waals surface area contributed by atoms with E-state index in [9.17, 15) is 30.8 Å². The monoisotopic (exact) mass is 445 g/mol. The Bertz CT molecular complexity index is 1000. The molecule has 1 N–H and O–H groups in total. The van der Waals surface area contributed by atoms with Crippen LogP contribution in [0.5, 0.6) is 0 Å². The molecule has 30 heavy (non-hydrogen) atoms. The van der Waals surface area contributed by atoms with Crippen LogP contribution in [0.3, 0.4) is 0 Å². The molecule has 1 aliphatic rings. The van der Waals surface area contributed by atoms with Crippen molar-refractivity contribution in [3.63, 3.8) is 0 Å². The van der Waals surface area contributed by atoms with Gasteiger partial charge in [-0.15, -0.1) is 0 Å². The minimum Gasteiger partial charge on any atom is -0.369 e. The van der Waals surface area contributed by atoms with E-state index in [-0.39, 0.29) is 18.1 Å². The van der Waals surface area contributed by atoms with Crippen LogP contribution >= 0.6 is 0 Å². The molecule has 2 aromatic rings. The third kappa shape index (κ3) is 4.90. The third-order valence-corrected chi connectivity index (χ3v) is 6.21. The van der Waals surface area contributed by atoms with Gasteiger partial charge in [0.05, 0.1) is 17.1 Å². The number of anilines is 2. The van der Waals surface area contributed by atoms with Gasteiger partial charge in [-0.3, -0.25) is 9.69 Å². The van der Waals surface area contributed by atoms with E-state index >= 15 is 0 Å². The second kappa shape index (κ2) is 8.60. The van der Waals surface area contributed by atoms with E-state index in [4.69, 9.17) is 0 Å². The topological polar surface area (TPSA) is 69.7 Å².